The second-order valence-corrected chi connectivity index (χ2v) is 5.30. The molecule has 0 saturated heterocycles. The number of aromatic nitrogens is 2. The van der Waals surface area contributed by atoms with Gasteiger partial charge in [0.05, 0.1) is 18.3 Å². The first-order chi connectivity index (χ1) is 8.09. The number of nitrogens with two attached hydrogens (primary N) is 1. The van der Waals surface area contributed by atoms with Crippen molar-refractivity contribution in [2.24, 2.45) is 5.92 Å². The van der Waals surface area contributed by atoms with Crippen molar-refractivity contribution in [2.45, 2.75) is 52.5 Å². The highest BCUT2D eigenvalue weighted by Gasteiger charge is 2.20. The van der Waals surface area contributed by atoms with Gasteiger partial charge in [-0.2, -0.15) is 5.10 Å². The highest BCUT2D eigenvalue weighted by atomic mass is 16.5. The van der Waals surface area contributed by atoms with Crippen LogP contribution in [0, 0.1) is 12.8 Å². The average Bonchev–Trinajstić information content (AvgIpc) is 2.87. The van der Waals surface area contributed by atoms with Crippen molar-refractivity contribution in [1.82, 2.24) is 9.78 Å². The predicted molar refractivity (Wildman–Crippen MR) is 69.2 cm³/mol. The number of rotatable bonds is 4. The van der Waals surface area contributed by atoms with Gasteiger partial charge in [-0.05, 0) is 39.5 Å². The van der Waals surface area contributed by atoms with Crippen molar-refractivity contribution in [3.8, 4) is 5.88 Å². The van der Waals surface area contributed by atoms with Crippen LogP contribution in [-0.2, 0) is 0 Å². The van der Waals surface area contributed by atoms with Crippen molar-refractivity contribution in [3.63, 3.8) is 0 Å². The van der Waals surface area contributed by atoms with E-state index in [2.05, 4.69) is 18.9 Å². The third kappa shape index (κ3) is 2.56. The van der Waals surface area contributed by atoms with Gasteiger partial charge in [-0.1, -0.05) is 12.8 Å². The standard InChI is InChI=1S/C13H23N3O/c1-9(2)16-13(12(14)10(3)15-16)17-8-11-6-4-5-7-11/h9,11H,4-8,14H2,1-3H3. The molecule has 17 heavy (non-hydrogen) atoms. The summed E-state index contributed by atoms with van der Waals surface area (Å²) in [6, 6.07) is 0.282. The minimum Gasteiger partial charge on any atom is -0.476 e. The van der Waals surface area contributed by atoms with E-state index in [-0.39, 0.29) is 6.04 Å². The lowest BCUT2D eigenvalue weighted by Gasteiger charge is -2.15. The highest BCUT2D eigenvalue weighted by molar-refractivity contribution is 5.52. The summed E-state index contributed by atoms with van der Waals surface area (Å²) >= 11 is 0. The van der Waals surface area contributed by atoms with E-state index in [4.69, 9.17) is 10.5 Å². The van der Waals surface area contributed by atoms with Gasteiger partial charge in [0.1, 0.15) is 5.69 Å². The molecule has 2 N–H and O–H groups in total. The smallest absolute Gasteiger partial charge is 0.236 e. The molecule has 4 nitrogen and oxygen atoms in total. The third-order valence-corrected chi connectivity index (χ3v) is 3.51. The maximum atomic E-state index is 6.02. The first-order valence-corrected chi connectivity index (χ1v) is 6.57. The molecule has 4 heteroatoms. The van der Waals surface area contributed by atoms with Crippen LogP contribution in [-0.4, -0.2) is 16.4 Å². The topological polar surface area (TPSA) is 53.1 Å². The summed E-state index contributed by atoms with van der Waals surface area (Å²) in [6.45, 7) is 6.89. The zero-order valence-electron chi connectivity index (χ0n) is 11.1. The van der Waals surface area contributed by atoms with E-state index in [0.29, 0.717) is 11.6 Å². The minimum absolute atomic E-state index is 0.282. The number of anilines is 1. The molecule has 0 aliphatic heterocycles. The molecule has 2 rings (SSSR count). The second kappa shape index (κ2) is 4.98. The van der Waals surface area contributed by atoms with Crippen LogP contribution in [0.3, 0.4) is 0 Å². The number of nitrogens with zero attached hydrogens (tertiary/aromatic N) is 2. The first-order valence-electron chi connectivity index (χ1n) is 6.57. The van der Waals surface area contributed by atoms with E-state index in [1.54, 1.807) is 0 Å². The zero-order valence-corrected chi connectivity index (χ0v) is 11.1. The SMILES string of the molecule is Cc1nn(C(C)C)c(OCC2CCCC2)c1N. The van der Waals surface area contributed by atoms with E-state index in [1.165, 1.54) is 25.7 Å². The van der Waals surface area contributed by atoms with E-state index >= 15 is 0 Å². The molecule has 0 amide bonds. The quantitative estimate of drug-likeness (QED) is 0.876. The molecule has 1 aliphatic rings. The fourth-order valence-electron chi connectivity index (χ4n) is 2.41. The van der Waals surface area contributed by atoms with Crippen molar-refractivity contribution >= 4 is 5.69 Å². The Kier molecular flexibility index (Phi) is 3.60. The van der Waals surface area contributed by atoms with Crippen LogP contribution in [0.15, 0.2) is 0 Å². The Labute approximate surface area is 103 Å². The monoisotopic (exact) mass is 237 g/mol. The molecular weight excluding hydrogens is 214 g/mol. The molecule has 0 radical (unpaired) electrons. The lowest BCUT2D eigenvalue weighted by Crippen LogP contribution is -2.13. The highest BCUT2D eigenvalue weighted by Crippen LogP contribution is 2.30. The summed E-state index contributed by atoms with van der Waals surface area (Å²) in [7, 11) is 0. The number of aryl methyl sites for hydroxylation is 1. The zero-order chi connectivity index (χ0) is 12.4. The molecule has 96 valence electrons. The number of hydrogen-bond donors (Lipinski definition) is 1. The predicted octanol–water partition coefficient (Wildman–Crippen LogP) is 2.92. The van der Waals surface area contributed by atoms with Crippen LogP contribution in [0.25, 0.3) is 0 Å². The summed E-state index contributed by atoms with van der Waals surface area (Å²) in [5.74, 6) is 1.45. The Balaban J connectivity index is 2.07. The lowest BCUT2D eigenvalue weighted by atomic mass is 10.1. The Morgan fingerprint density at radius 1 is 1.41 bits per heavy atom. The van der Waals surface area contributed by atoms with Crippen molar-refractivity contribution < 1.29 is 4.74 Å². The van der Waals surface area contributed by atoms with Gasteiger partial charge >= 0.3 is 0 Å². The van der Waals surface area contributed by atoms with Gasteiger partial charge in [0.15, 0.2) is 0 Å². The number of ether oxygens (including phenoxy) is 1. The average molecular weight is 237 g/mol. The summed E-state index contributed by atoms with van der Waals surface area (Å²) in [4.78, 5) is 0. The van der Waals surface area contributed by atoms with Crippen molar-refractivity contribution in [3.05, 3.63) is 5.69 Å². The van der Waals surface area contributed by atoms with Gasteiger partial charge in [-0.15, -0.1) is 0 Å². The Hall–Kier alpha value is -1.19. The maximum absolute atomic E-state index is 6.02. The normalized spacial score (nSPS) is 16.9. The van der Waals surface area contributed by atoms with E-state index in [9.17, 15) is 0 Å². The first kappa shape index (κ1) is 12.3. The van der Waals surface area contributed by atoms with Gasteiger partial charge < -0.3 is 10.5 Å². The van der Waals surface area contributed by atoms with Gasteiger partial charge in [0.25, 0.3) is 0 Å². The molecule has 0 unspecified atom stereocenters. The summed E-state index contributed by atoms with van der Waals surface area (Å²) in [6.07, 6.45) is 5.25. The maximum Gasteiger partial charge on any atom is 0.236 e. The summed E-state index contributed by atoms with van der Waals surface area (Å²) in [5, 5.41) is 4.42. The van der Waals surface area contributed by atoms with Crippen molar-refractivity contribution in [1.29, 1.82) is 0 Å². The number of nitrogen functional groups attached to an aromatic ring is 1. The third-order valence-electron chi connectivity index (χ3n) is 3.51. The van der Waals surface area contributed by atoms with Crippen LogP contribution >= 0.6 is 0 Å². The van der Waals surface area contributed by atoms with Crippen LogP contribution in [0.1, 0.15) is 51.3 Å². The Bertz CT molecular complexity index is 378. The molecule has 1 aromatic rings. The van der Waals surface area contributed by atoms with Crippen LogP contribution in [0.4, 0.5) is 5.69 Å². The van der Waals surface area contributed by atoms with Gasteiger partial charge in [-0.25, -0.2) is 4.68 Å². The van der Waals surface area contributed by atoms with E-state index in [0.717, 1.165) is 18.2 Å². The molecule has 1 aromatic heterocycles. The lowest BCUT2D eigenvalue weighted by molar-refractivity contribution is 0.226. The minimum atomic E-state index is 0.282. The molecule has 1 aliphatic carbocycles. The van der Waals surface area contributed by atoms with Crippen LogP contribution < -0.4 is 10.5 Å². The number of hydrogen-bond acceptors (Lipinski definition) is 3. The molecule has 0 bridgehead atoms. The van der Waals surface area contributed by atoms with Crippen LogP contribution in [0.2, 0.25) is 0 Å². The van der Waals surface area contributed by atoms with E-state index < -0.39 is 0 Å². The molecule has 1 heterocycles. The summed E-state index contributed by atoms with van der Waals surface area (Å²) in [5.41, 5.74) is 7.57. The summed E-state index contributed by atoms with van der Waals surface area (Å²) < 4.78 is 7.80. The Morgan fingerprint density at radius 3 is 2.65 bits per heavy atom. The Morgan fingerprint density at radius 2 is 2.06 bits per heavy atom. The molecular formula is C13H23N3O. The molecule has 0 atom stereocenters. The van der Waals surface area contributed by atoms with Crippen LogP contribution in [0.5, 0.6) is 5.88 Å². The van der Waals surface area contributed by atoms with Gasteiger partial charge in [-0.3, -0.25) is 0 Å². The fraction of sp³-hybridized carbons (Fsp3) is 0.769. The molecule has 1 fully saturated rings. The fourth-order valence-corrected chi connectivity index (χ4v) is 2.41. The molecule has 0 aromatic carbocycles. The van der Waals surface area contributed by atoms with Gasteiger partial charge in [0.2, 0.25) is 5.88 Å². The van der Waals surface area contributed by atoms with Gasteiger partial charge in [0, 0.05) is 0 Å². The van der Waals surface area contributed by atoms with E-state index in [1.807, 2.05) is 11.6 Å². The molecule has 1 saturated carbocycles. The molecule has 0 spiro atoms. The van der Waals surface area contributed by atoms with Crippen molar-refractivity contribution in [2.75, 3.05) is 12.3 Å². The largest absolute Gasteiger partial charge is 0.476 e. The second-order valence-electron chi connectivity index (χ2n) is 5.30.